The molecule has 1 N–H and O–H groups in total. The molecular weight excluding hydrogens is 365 g/mol. The van der Waals surface area contributed by atoms with E-state index in [1.807, 2.05) is 0 Å². The van der Waals surface area contributed by atoms with Crippen LogP contribution in [0.3, 0.4) is 0 Å². The molecule has 0 saturated carbocycles. The first-order valence-electron chi connectivity index (χ1n) is 6.95. The molecule has 0 aliphatic carbocycles. The van der Waals surface area contributed by atoms with E-state index in [2.05, 4.69) is 21.2 Å². The molecule has 2 rings (SSSR count). The summed E-state index contributed by atoms with van der Waals surface area (Å²) in [5.74, 6) is -1.63. The fourth-order valence-electron chi connectivity index (χ4n) is 1.88. The molecule has 1 amide bonds. The van der Waals surface area contributed by atoms with Crippen molar-refractivity contribution in [3.05, 3.63) is 63.9 Å². The second kappa shape index (κ2) is 7.37. The van der Waals surface area contributed by atoms with Crippen LogP contribution < -0.4 is 5.32 Å². The average molecular weight is 380 g/mol. The number of ether oxygens (including phenoxy) is 1. The predicted octanol–water partition coefficient (Wildman–Crippen LogP) is 4.41. The zero-order chi connectivity index (χ0) is 17.0. The highest BCUT2D eigenvalue weighted by Crippen LogP contribution is 2.21. The van der Waals surface area contributed by atoms with Crippen LogP contribution in [0.25, 0.3) is 0 Å². The Kier molecular flexibility index (Phi) is 5.50. The largest absolute Gasteiger partial charge is 0.459 e. The van der Waals surface area contributed by atoms with Crippen LogP contribution in [0.15, 0.2) is 46.9 Å². The lowest BCUT2D eigenvalue weighted by molar-refractivity contribution is 0.0378. The van der Waals surface area contributed by atoms with Crippen molar-refractivity contribution in [2.75, 3.05) is 5.32 Å². The third-order valence-electron chi connectivity index (χ3n) is 2.91. The van der Waals surface area contributed by atoms with Gasteiger partial charge in [-0.3, -0.25) is 4.79 Å². The van der Waals surface area contributed by atoms with E-state index >= 15 is 0 Å². The zero-order valence-electron chi connectivity index (χ0n) is 12.6. The van der Waals surface area contributed by atoms with Gasteiger partial charge in [0.1, 0.15) is 5.82 Å². The molecule has 2 aromatic rings. The minimum absolute atomic E-state index is 0.0733. The van der Waals surface area contributed by atoms with Crippen molar-refractivity contribution >= 4 is 33.5 Å². The number of halogens is 2. The third-order valence-corrected chi connectivity index (χ3v) is 3.57. The number of carbonyl (C=O) groups excluding carboxylic acids is 2. The van der Waals surface area contributed by atoms with E-state index in [1.165, 1.54) is 24.3 Å². The molecular formula is C17H15BrFNO3. The summed E-state index contributed by atoms with van der Waals surface area (Å²) in [6, 6.07) is 10.5. The summed E-state index contributed by atoms with van der Waals surface area (Å²) in [5, 5.41) is 2.59. The van der Waals surface area contributed by atoms with E-state index in [1.54, 1.807) is 32.0 Å². The van der Waals surface area contributed by atoms with Crippen LogP contribution in [0.4, 0.5) is 10.1 Å². The van der Waals surface area contributed by atoms with Gasteiger partial charge in [0.25, 0.3) is 5.91 Å². The van der Waals surface area contributed by atoms with Crippen LogP contribution in [0, 0.1) is 5.82 Å². The van der Waals surface area contributed by atoms with E-state index in [4.69, 9.17) is 4.74 Å². The Morgan fingerprint density at radius 1 is 1.13 bits per heavy atom. The Morgan fingerprint density at radius 3 is 2.35 bits per heavy atom. The summed E-state index contributed by atoms with van der Waals surface area (Å²) >= 11 is 3.15. The number of anilines is 1. The van der Waals surface area contributed by atoms with Gasteiger partial charge >= 0.3 is 5.97 Å². The summed E-state index contributed by atoms with van der Waals surface area (Å²) in [7, 11) is 0. The van der Waals surface area contributed by atoms with E-state index in [9.17, 15) is 14.0 Å². The second-order valence-corrected chi connectivity index (χ2v) is 5.94. The number of rotatable bonds is 4. The number of esters is 1. The monoisotopic (exact) mass is 379 g/mol. The van der Waals surface area contributed by atoms with E-state index < -0.39 is 17.7 Å². The molecule has 4 nitrogen and oxygen atoms in total. The standard InChI is InChI=1S/C17H15BrFNO3/c1-10(2)23-17(22)11-6-8-12(9-7-11)20-16(21)15-13(18)4-3-5-14(15)19/h3-10H,1-2H3,(H,20,21). The van der Waals surface area contributed by atoms with Gasteiger partial charge in [-0.05, 0) is 66.2 Å². The van der Waals surface area contributed by atoms with Gasteiger partial charge in [0.15, 0.2) is 0 Å². The maximum atomic E-state index is 13.7. The predicted molar refractivity (Wildman–Crippen MR) is 89.0 cm³/mol. The normalized spacial score (nSPS) is 10.5. The Labute approximate surface area is 141 Å². The van der Waals surface area contributed by atoms with Gasteiger partial charge in [-0.15, -0.1) is 0 Å². The molecule has 0 fully saturated rings. The summed E-state index contributed by atoms with van der Waals surface area (Å²) in [6.07, 6.45) is -0.208. The molecule has 23 heavy (non-hydrogen) atoms. The number of carbonyl (C=O) groups is 2. The Morgan fingerprint density at radius 2 is 1.78 bits per heavy atom. The minimum Gasteiger partial charge on any atom is -0.459 e. The number of nitrogens with one attached hydrogen (secondary N) is 1. The van der Waals surface area contributed by atoms with Crippen molar-refractivity contribution in [1.29, 1.82) is 0 Å². The Balaban J connectivity index is 2.12. The lowest BCUT2D eigenvalue weighted by atomic mass is 10.1. The van der Waals surface area contributed by atoms with Crippen LogP contribution in [0.1, 0.15) is 34.6 Å². The molecule has 0 atom stereocenters. The van der Waals surface area contributed by atoms with E-state index in [0.29, 0.717) is 15.7 Å². The van der Waals surface area contributed by atoms with Gasteiger partial charge in [-0.2, -0.15) is 0 Å². The Hall–Kier alpha value is -2.21. The van der Waals surface area contributed by atoms with Crippen LogP contribution in [0.5, 0.6) is 0 Å². The number of hydrogen-bond donors (Lipinski definition) is 1. The minimum atomic E-state index is -0.617. The summed E-state index contributed by atoms with van der Waals surface area (Å²) in [5.41, 5.74) is 0.755. The van der Waals surface area contributed by atoms with Crippen LogP contribution >= 0.6 is 15.9 Å². The fraction of sp³-hybridized carbons (Fsp3) is 0.176. The van der Waals surface area contributed by atoms with Crippen molar-refractivity contribution in [3.8, 4) is 0 Å². The molecule has 2 aromatic carbocycles. The van der Waals surface area contributed by atoms with E-state index in [0.717, 1.165) is 0 Å². The molecule has 0 aromatic heterocycles. The number of hydrogen-bond acceptors (Lipinski definition) is 3. The highest BCUT2D eigenvalue weighted by atomic mass is 79.9. The molecule has 0 unspecified atom stereocenters. The SMILES string of the molecule is CC(C)OC(=O)c1ccc(NC(=O)c2c(F)cccc2Br)cc1. The van der Waals surface area contributed by atoms with Crippen molar-refractivity contribution in [1.82, 2.24) is 0 Å². The smallest absolute Gasteiger partial charge is 0.338 e. The lowest BCUT2D eigenvalue weighted by Gasteiger charge is -2.10. The Bertz CT molecular complexity index is 709. The van der Waals surface area contributed by atoms with E-state index in [-0.39, 0.29) is 11.7 Å². The summed E-state index contributed by atoms with van der Waals surface area (Å²) in [4.78, 5) is 23.9. The molecule has 0 aliphatic rings. The van der Waals surface area contributed by atoms with Crippen LogP contribution in [-0.4, -0.2) is 18.0 Å². The van der Waals surface area contributed by atoms with Gasteiger partial charge in [-0.1, -0.05) is 6.07 Å². The average Bonchev–Trinajstić information content (AvgIpc) is 2.47. The zero-order valence-corrected chi connectivity index (χ0v) is 14.2. The fourth-order valence-corrected chi connectivity index (χ4v) is 2.40. The highest BCUT2D eigenvalue weighted by molar-refractivity contribution is 9.10. The van der Waals surface area contributed by atoms with Crippen molar-refractivity contribution in [3.63, 3.8) is 0 Å². The van der Waals surface area contributed by atoms with Crippen LogP contribution in [-0.2, 0) is 4.74 Å². The molecule has 0 spiro atoms. The van der Waals surface area contributed by atoms with Crippen LogP contribution in [0.2, 0.25) is 0 Å². The number of amides is 1. The molecule has 120 valence electrons. The summed E-state index contributed by atoms with van der Waals surface area (Å²) < 4.78 is 19.2. The van der Waals surface area contributed by atoms with Gasteiger partial charge in [0.2, 0.25) is 0 Å². The van der Waals surface area contributed by atoms with Gasteiger partial charge in [0, 0.05) is 10.2 Å². The first-order chi connectivity index (χ1) is 10.9. The highest BCUT2D eigenvalue weighted by Gasteiger charge is 2.16. The van der Waals surface area contributed by atoms with Crippen molar-refractivity contribution in [2.45, 2.75) is 20.0 Å². The molecule has 0 saturated heterocycles. The second-order valence-electron chi connectivity index (χ2n) is 5.08. The maximum Gasteiger partial charge on any atom is 0.338 e. The topological polar surface area (TPSA) is 55.4 Å². The van der Waals surface area contributed by atoms with Gasteiger partial charge < -0.3 is 10.1 Å². The van der Waals surface area contributed by atoms with Gasteiger partial charge in [-0.25, -0.2) is 9.18 Å². The molecule has 0 heterocycles. The summed E-state index contributed by atoms with van der Waals surface area (Å²) in [6.45, 7) is 3.53. The lowest BCUT2D eigenvalue weighted by Crippen LogP contribution is -2.15. The third kappa shape index (κ3) is 4.39. The molecule has 0 radical (unpaired) electrons. The molecule has 0 bridgehead atoms. The first kappa shape index (κ1) is 17.1. The van der Waals surface area contributed by atoms with Crippen molar-refractivity contribution in [2.24, 2.45) is 0 Å². The van der Waals surface area contributed by atoms with Gasteiger partial charge in [0.05, 0.1) is 17.2 Å². The maximum absolute atomic E-state index is 13.7. The first-order valence-corrected chi connectivity index (χ1v) is 7.74. The number of benzene rings is 2. The quantitative estimate of drug-likeness (QED) is 0.800. The molecule has 0 aliphatic heterocycles. The molecule has 6 heteroatoms. The van der Waals surface area contributed by atoms with Crippen molar-refractivity contribution < 1.29 is 18.7 Å².